The van der Waals surface area contributed by atoms with Crippen LogP contribution in [-0.2, 0) is 0 Å². The summed E-state index contributed by atoms with van der Waals surface area (Å²) in [4.78, 5) is 6.67. The Bertz CT molecular complexity index is 995. The molecule has 148 valence electrons. The van der Waals surface area contributed by atoms with Crippen molar-refractivity contribution >= 4 is 23.0 Å². The number of hydrogen-bond donors (Lipinski definition) is 1. The third-order valence-corrected chi connectivity index (χ3v) is 6.34. The molecule has 2 unspecified atom stereocenters. The fourth-order valence-electron chi connectivity index (χ4n) is 4.61. The lowest BCUT2D eigenvalue weighted by Gasteiger charge is -2.27. The summed E-state index contributed by atoms with van der Waals surface area (Å²) in [7, 11) is 0. The van der Waals surface area contributed by atoms with E-state index in [2.05, 4.69) is 38.2 Å². The highest BCUT2D eigenvalue weighted by atomic mass is 32.1. The second-order valence-electron chi connectivity index (χ2n) is 7.80. The number of nitrogens with one attached hydrogen (secondary N) is 1. The fraction of sp³-hybridized carbons (Fsp3) is 0.304. The van der Waals surface area contributed by atoms with Gasteiger partial charge in [-0.1, -0.05) is 18.9 Å². The molecule has 0 amide bonds. The van der Waals surface area contributed by atoms with Gasteiger partial charge in [-0.25, -0.2) is 4.39 Å². The van der Waals surface area contributed by atoms with E-state index in [0.29, 0.717) is 11.2 Å². The van der Waals surface area contributed by atoms with E-state index < -0.39 is 0 Å². The highest BCUT2D eigenvalue weighted by molar-refractivity contribution is 7.80. The van der Waals surface area contributed by atoms with E-state index in [1.165, 1.54) is 43.4 Å². The van der Waals surface area contributed by atoms with E-state index in [-0.39, 0.29) is 17.9 Å². The molecule has 0 bridgehead atoms. The van der Waals surface area contributed by atoms with Crippen molar-refractivity contribution in [3.8, 4) is 0 Å². The molecule has 1 N–H and O–H groups in total. The lowest BCUT2D eigenvalue weighted by molar-refractivity contribution is 0.515. The van der Waals surface area contributed by atoms with Gasteiger partial charge in [0.15, 0.2) is 5.11 Å². The average Bonchev–Trinajstić information content (AvgIpc) is 3.49. The fourth-order valence-corrected chi connectivity index (χ4v) is 4.95. The van der Waals surface area contributed by atoms with Crippen molar-refractivity contribution < 1.29 is 4.39 Å². The van der Waals surface area contributed by atoms with Crippen LogP contribution in [0.2, 0.25) is 0 Å². The molecule has 1 saturated carbocycles. The van der Waals surface area contributed by atoms with Gasteiger partial charge in [0.25, 0.3) is 0 Å². The number of aromatic nitrogens is 2. The monoisotopic (exact) mass is 406 g/mol. The summed E-state index contributed by atoms with van der Waals surface area (Å²) in [5, 5.41) is 4.08. The Morgan fingerprint density at radius 3 is 2.55 bits per heavy atom. The number of anilines is 1. The first-order valence-corrected chi connectivity index (χ1v) is 10.5. The molecule has 2 fully saturated rings. The maximum Gasteiger partial charge on any atom is 0.174 e. The second kappa shape index (κ2) is 7.59. The third kappa shape index (κ3) is 3.42. The van der Waals surface area contributed by atoms with Crippen LogP contribution in [0.1, 0.15) is 55.1 Å². The number of nitrogens with zero attached hydrogens (tertiary/aromatic N) is 3. The molecule has 29 heavy (non-hydrogen) atoms. The van der Waals surface area contributed by atoms with Crippen LogP contribution < -0.4 is 10.2 Å². The van der Waals surface area contributed by atoms with Gasteiger partial charge < -0.3 is 14.8 Å². The van der Waals surface area contributed by atoms with E-state index in [1.807, 2.05) is 18.2 Å². The largest absolute Gasteiger partial charge is 0.351 e. The SMILES string of the molecule is Fc1ccc(N2C(=S)NC(c3ccccn3)C2c2ccn(C3CCCC3)c2)cc1. The van der Waals surface area contributed by atoms with Crippen LogP contribution in [0.4, 0.5) is 10.1 Å². The molecule has 4 nitrogen and oxygen atoms in total. The van der Waals surface area contributed by atoms with Crippen molar-refractivity contribution in [3.05, 3.63) is 84.2 Å². The quantitative estimate of drug-likeness (QED) is 0.595. The van der Waals surface area contributed by atoms with Gasteiger partial charge in [0, 0.05) is 30.3 Å². The Hall–Kier alpha value is -2.73. The normalized spacial score (nSPS) is 22.2. The zero-order valence-electron chi connectivity index (χ0n) is 16.0. The van der Waals surface area contributed by atoms with Crippen LogP contribution in [0.5, 0.6) is 0 Å². The van der Waals surface area contributed by atoms with Crippen LogP contribution in [-0.4, -0.2) is 14.7 Å². The highest BCUT2D eigenvalue weighted by Gasteiger charge is 2.41. The summed E-state index contributed by atoms with van der Waals surface area (Å²) in [5.74, 6) is -0.253. The van der Waals surface area contributed by atoms with Crippen molar-refractivity contribution in [1.29, 1.82) is 0 Å². The van der Waals surface area contributed by atoms with Gasteiger partial charge in [0.05, 0.1) is 17.8 Å². The minimum absolute atomic E-state index is 0.0504. The van der Waals surface area contributed by atoms with Crippen LogP contribution in [0.15, 0.2) is 67.1 Å². The molecule has 5 rings (SSSR count). The maximum absolute atomic E-state index is 13.5. The van der Waals surface area contributed by atoms with Crippen LogP contribution in [0, 0.1) is 5.82 Å². The number of hydrogen-bond acceptors (Lipinski definition) is 2. The zero-order chi connectivity index (χ0) is 19.8. The van der Waals surface area contributed by atoms with Crippen molar-refractivity contribution in [2.75, 3.05) is 4.90 Å². The van der Waals surface area contributed by atoms with Gasteiger partial charge in [-0.05, 0) is 73.1 Å². The molecule has 6 heteroatoms. The molecular formula is C23H23FN4S. The average molecular weight is 407 g/mol. The zero-order valence-corrected chi connectivity index (χ0v) is 16.9. The Balaban J connectivity index is 1.56. The first-order chi connectivity index (χ1) is 14.2. The minimum Gasteiger partial charge on any atom is -0.351 e. The highest BCUT2D eigenvalue weighted by Crippen LogP contribution is 2.42. The molecular weight excluding hydrogens is 383 g/mol. The van der Waals surface area contributed by atoms with Crippen molar-refractivity contribution in [2.45, 2.75) is 43.8 Å². The van der Waals surface area contributed by atoms with Gasteiger partial charge in [-0.3, -0.25) is 4.98 Å². The molecule has 0 radical (unpaired) electrons. The van der Waals surface area contributed by atoms with Crippen LogP contribution >= 0.6 is 12.2 Å². The van der Waals surface area contributed by atoms with Crippen LogP contribution in [0.25, 0.3) is 0 Å². The van der Waals surface area contributed by atoms with Gasteiger partial charge in [0.1, 0.15) is 5.82 Å². The van der Waals surface area contributed by atoms with Gasteiger partial charge in [-0.15, -0.1) is 0 Å². The number of halogens is 1. The number of rotatable bonds is 4. The number of benzene rings is 1. The molecule has 1 aromatic carbocycles. The number of thiocarbonyl (C=S) groups is 1. The minimum atomic E-state index is -0.253. The smallest absolute Gasteiger partial charge is 0.174 e. The summed E-state index contributed by atoms with van der Waals surface area (Å²) >= 11 is 5.71. The lowest BCUT2D eigenvalue weighted by Crippen LogP contribution is -2.29. The van der Waals surface area contributed by atoms with E-state index in [4.69, 9.17) is 12.2 Å². The molecule has 2 aromatic heterocycles. The standard InChI is InChI=1S/C23H23FN4S/c24-17-8-10-19(11-9-17)28-22(16-12-14-27(15-16)18-5-1-2-6-18)21(26-23(28)29)20-7-3-4-13-25-20/h3-4,7-15,18,21-22H,1-2,5-6H2,(H,26,29). The second-order valence-corrected chi connectivity index (χ2v) is 8.19. The first-order valence-electron chi connectivity index (χ1n) is 10.1. The van der Waals surface area contributed by atoms with E-state index in [9.17, 15) is 4.39 Å². The molecule has 3 aromatic rings. The van der Waals surface area contributed by atoms with Crippen LogP contribution in [0.3, 0.4) is 0 Å². The molecule has 0 spiro atoms. The Kier molecular flexibility index (Phi) is 4.79. The molecule has 1 saturated heterocycles. The molecule has 2 aliphatic rings. The summed E-state index contributed by atoms with van der Waals surface area (Å²) in [6.07, 6.45) is 11.3. The maximum atomic E-state index is 13.5. The topological polar surface area (TPSA) is 33.1 Å². The molecule has 3 heterocycles. The van der Waals surface area contributed by atoms with Crippen molar-refractivity contribution in [3.63, 3.8) is 0 Å². The Morgan fingerprint density at radius 1 is 1.03 bits per heavy atom. The van der Waals surface area contributed by atoms with Gasteiger partial charge >= 0.3 is 0 Å². The Labute approximate surface area is 175 Å². The first kappa shape index (κ1) is 18.3. The molecule has 1 aliphatic heterocycles. The summed E-state index contributed by atoms with van der Waals surface area (Å²) < 4.78 is 15.9. The Morgan fingerprint density at radius 2 is 1.83 bits per heavy atom. The van der Waals surface area contributed by atoms with Crippen molar-refractivity contribution in [2.24, 2.45) is 0 Å². The molecule has 2 atom stereocenters. The van der Waals surface area contributed by atoms with Gasteiger partial charge in [-0.2, -0.15) is 0 Å². The van der Waals surface area contributed by atoms with E-state index >= 15 is 0 Å². The number of pyridine rings is 1. The predicted molar refractivity (Wildman–Crippen MR) is 116 cm³/mol. The van der Waals surface area contributed by atoms with E-state index in [0.717, 1.165) is 11.4 Å². The molecule has 1 aliphatic carbocycles. The van der Waals surface area contributed by atoms with Crippen molar-refractivity contribution in [1.82, 2.24) is 14.9 Å². The lowest BCUT2D eigenvalue weighted by atomic mass is 9.98. The summed E-state index contributed by atoms with van der Waals surface area (Å²) in [6, 6.07) is 15.1. The van der Waals surface area contributed by atoms with Gasteiger partial charge in [0.2, 0.25) is 0 Å². The predicted octanol–water partition coefficient (Wildman–Crippen LogP) is 5.31. The summed E-state index contributed by atoms with van der Waals surface area (Å²) in [6.45, 7) is 0. The van der Waals surface area contributed by atoms with E-state index in [1.54, 1.807) is 18.3 Å². The summed E-state index contributed by atoms with van der Waals surface area (Å²) in [5.41, 5.74) is 3.00. The third-order valence-electron chi connectivity index (χ3n) is 6.03.